The zero-order valence-corrected chi connectivity index (χ0v) is 18.5. The van der Waals surface area contributed by atoms with Crippen LogP contribution in [0.15, 0.2) is 70.8 Å². The lowest BCUT2D eigenvalue weighted by molar-refractivity contribution is -0.137. The predicted octanol–water partition coefficient (Wildman–Crippen LogP) is 6.68. The average molecular weight is 498 g/mol. The summed E-state index contributed by atoms with van der Waals surface area (Å²) in [6.45, 7) is 6.10. The first-order valence-electron chi connectivity index (χ1n) is 9.03. The van der Waals surface area contributed by atoms with E-state index in [1.165, 1.54) is 17.8 Å². The van der Waals surface area contributed by atoms with Crippen molar-refractivity contribution in [3.8, 4) is 5.75 Å². The number of ether oxygens (including phenoxy) is 1. The van der Waals surface area contributed by atoms with Gasteiger partial charge < -0.3 is 4.74 Å². The van der Waals surface area contributed by atoms with Crippen LogP contribution in [0.5, 0.6) is 5.75 Å². The number of nitrogens with zero attached hydrogens (tertiary/aromatic N) is 3. The topological polar surface area (TPSA) is 39.9 Å². The van der Waals surface area contributed by atoms with E-state index in [1.54, 1.807) is 12.1 Å². The van der Waals surface area contributed by atoms with Crippen LogP contribution >= 0.6 is 27.7 Å². The highest BCUT2D eigenvalue weighted by Gasteiger charge is 2.30. The standard InChI is InChI=1S/C21H19BrF3N3OS/c1-3-11-28-19(14(2)29-18-9-7-17(22)8-10-18)26-27-20(28)30-13-15-5-4-6-16(12-15)21(23,24)25/h3-10,12,14H,1,11,13H2,2H3. The van der Waals surface area contributed by atoms with E-state index in [2.05, 4.69) is 32.7 Å². The van der Waals surface area contributed by atoms with Gasteiger partial charge in [-0.05, 0) is 42.8 Å². The number of allylic oxidation sites excluding steroid dienone is 1. The second-order valence-electron chi connectivity index (χ2n) is 6.44. The number of benzene rings is 2. The molecule has 30 heavy (non-hydrogen) atoms. The quantitative estimate of drug-likeness (QED) is 0.257. The highest BCUT2D eigenvalue weighted by atomic mass is 79.9. The normalized spacial score (nSPS) is 12.6. The van der Waals surface area contributed by atoms with Crippen molar-refractivity contribution in [3.05, 3.63) is 82.6 Å². The first-order valence-corrected chi connectivity index (χ1v) is 10.8. The molecule has 1 aromatic heterocycles. The zero-order valence-electron chi connectivity index (χ0n) is 16.1. The number of thioether (sulfide) groups is 1. The van der Waals surface area contributed by atoms with E-state index in [0.717, 1.165) is 16.6 Å². The van der Waals surface area contributed by atoms with Gasteiger partial charge in [0.2, 0.25) is 0 Å². The van der Waals surface area contributed by atoms with Crippen molar-refractivity contribution in [1.29, 1.82) is 0 Å². The van der Waals surface area contributed by atoms with Gasteiger partial charge >= 0.3 is 6.18 Å². The fraction of sp³-hybridized carbons (Fsp3) is 0.238. The van der Waals surface area contributed by atoms with Crippen LogP contribution in [0, 0.1) is 0 Å². The molecule has 0 N–H and O–H groups in total. The van der Waals surface area contributed by atoms with Crippen LogP contribution < -0.4 is 4.74 Å². The van der Waals surface area contributed by atoms with Crippen molar-refractivity contribution >= 4 is 27.7 Å². The molecule has 3 rings (SSSR count). The molecule has 158 valence electrons. The number of halogens is 4. The number of hydrogen-bond donors (Lipinski definition) is 0. The van der Waals surface area contributed by atoms with E-state index in [-0.39, 0.29) is 6.10 Å². The second-order valence-corrected chi connectivity index (χ2v) is 8.30. The Balaban J connectivity index is 1.75. The molecule has 0 saturated carbocycles. The van der Waals surface area contributed by atoms with Crippen molar-refractivity contribution in [3.63, 3.8) is 0 Å². The molecule has 1 unspecified atom stereocenters. The molecule has 0 fully saturated rings. The molecular weight excluding hydrogens is 479 g/mol. The van der Waals surface area contributed by atoms with E-state index in [4.69, 9.17) is 4.74 Å². The summed E-state index contributed by atoms with van der Waals surface area (Å²) < 4.78 is 47.5. The monoisotopic (exact) mass is 497 g/mol. The Morgan fingerprint density at radius 1 is 1.20 bits per heavy atom. The largest absolute Gasteiger partial charge is 0.483 e. The van der Waals surface area contributed by atoms with Crippen molar-refractivity contribution in [1.82, 2.24) is 14.8 Å². The van der Waals surface area contributed by atoms with Crippen molar-refractivity contribution in [2.24, 2.45) is 0 Å². The molecule has 0 spiro atoms. The van der Waals surface area contributed by atoms with E-state index in [1.807, 2.05) is 35.8 Å². The fourth-order valence-corrected chi connectivity index (χ4v) is 3.93. The maximum absolute atomic E-state index is 12.9. The number of aromatic nitrogens is 3. The van der Waals surface area contributed by atoms with Gasteiger partial charge in [0.15, 0.2) is 17.1 Å². The van der Waals surface area contributed by atoms with Crippen LogP contribution in [0.1, 0.15) is 30.0 Å². The summed E-state index contributed by atoms with van der Waals surface area (Å²) >= 11 is 4.70. The molecule has 0 radical (unpaired) electrons. The molecule has 3 aromatic rings. The van der Waals surface area contributed by atoms with Gasteiger partial charge in [0.05, 0.1) is 5.56 Å². The lowest BCUT2D eigenvalue weighted by Crippen LogP contribution is -2.12. The first kappa shape index (κ1) is 22.4. The summed E-state index contributed by atoms with van der Waals surface area (Å²) in [4.78, 5) is 0. The third-order valence-corrected chi connectivity index (χ3v) is 5.74. The minimum atomic E-state index is -4.36. The highest BCUT2D eigenvalue weighted by molar-refractivity contribution is 9.10. The smallest absolute Gasteiger partial charge is 0.416 e. The van der Waals surface area contributed by atoms with Crippen LogP contribution in [-0.2, 0) is 18.5 Å². The van der Waals surface area contributed by atoms with Gasteiger partial charge in [0.25, 0.3) is 0 Å². The molecular formula is C21H19BrF3N3OS. The Hall–Kier alpha value is -2.26. The molecule has 2 aromatic carbocycles. The summed E-state index contributed by atoms with van der Waals surface area (Å²) in [6, 6.07) is 12.7. The second kappa shape index (κ2) is 9.70. The van der Waals surface area contributed by atoms with Gasteiger partial charge in [-0.1, -0.05) is 52.0 Å². The maximum atomic E-state index is 12.9. The van der Waals surface area contributed by atoms with Gasteiger partial charge in [-0.3, -0.25) is 4.57 Å². The van der Waals surface area contributed by atoms with E-state index < -0.39 is 11.7 Å². The van der Waals surface area contributed by atoms with E-state index in [0.29, 0.717) is 34.6 Å². The maximum Gasteiger partial charge on any atom is 0.416 e. The summed E-state index contributed by atoms with van der Waals surface area (Å²) in [5.74, 6) is 1.64. The number of alkyl halides is 3. The number of rotatable bonds is 8. The van der Waals surface area contributed by atoms with Crippen molar-refractivity contribution < 1.29 is 17.9 Å². The molecule has 0 saturated heterocycles. The van der Waals surface area contributed by atoms with E-state index in [9.17, 15) is 13.2 Å². The van der Waals surface area contributed by atoms with Crippen LogP contribution in [0.2, 0.25) is 0 Å². The number of hydrogen-bond acceptors (Lipinski definition) is 4. The molecule has 0 aliphatic rings. The summed E-state index contributed by atoms with van der Waals surface area (Å²) in [6.07, 6.45) is -3.02. The Bertz CT molecular complexity index is 1010. The molecule has 0 bridgehead atoms. The molecule has 0 amide bonds. The van der Waals surface area contributed by atoms with Crippen LogP contribution in [-0.4, -0.2) is 14.8 Å². The average Bonchev–Trinajstić information content (AvgIpc) is 3.11. The van der Waals surface area contributed by atoms with Gasteiger partial charge in [0, 0.05) is 16.8 Å². The van der Waals surface area contributed by atoms with Gasteiger partial charge in [0.1, 0.15) is 5.75 Å². The molecule has 4 nitrogen and oxygen atoms in total. The van der Waals surface area contributed by atoms with Crippen molar-refractivity contribution in [2.75, 3.05) is 0 Å². The lowest BCUT2D eigenvalue weighted by atomic mass is 10.1. The van der Waals surface area contributed by atoms with Gasteiger partial charge in [-0.25, -0.2) is 0 Å². The molecule has 1 atom stereocenters. The van der Waals surface area contributed by atoms with Crippen LogP contribution in [0.3, 0.4) is 0 Å². The Morgan fingerprint density at radius 2 is 1.93 bits per heavy atom. The van der Waals surface area contributed by atoms with Crippen LogP contribution in [0.4, 0.5) is 13.2 Å². The summed E-state index contributed by atoms with van der Waals surface area (Å²) in [5.41, 5.74) is -0.103. The third kappa shape index (κ3) is 5.66. The Morgan fingerprint density at radius 3 is 2.60 bits per heavy atom. The summed E-state index contributed by atoms with van der Waals surface area (Å²) in [7, 11) is 0. The Kier molecular flexibility index (Phi) is 7.25. The molecule has 0 aliphatic carbocycles. The third-order valence-electron chi connectivity index (χ3n) is 4.17. The fourth-order valence-electron chi connectivity index (χ4n) is 2.76. The van der Waals surface area contributed by atoms with E-state index >= 15 is 0 Å². The minimum absolute atomic E-state index is 0.334. The molecule has 0 aliphatic heterocycles. The zero-order chi connectivity index (χ0) is 21.7. The molecule has 9 heteroatoms. The Labute approximate surface area is 185 Å². The van der Waals surface area contributed by atoms with Crippen molar-refractivity contribution in [2.45, 2.75) is 36.7 Å². The highest BCUT2D eigenvalue weighted by Crippen LogP contribution is 2.32. The van der Waals surface area contributed by atoms with Gasteiger partial charge in [-0.2, -0.15) is 13.2 Å². The summed E-state index contributed by atoms with van der Waals surface area (Å²) in [5, 5.41) is 9.06. The molecule has 1 heterocycles. The lowest BCUT2D eigenvalue weighted by Gasteiger charge is -2.16. The minimum Gasteiger partial charge on any atom is -0.483 e. The SMILES string of the molecule is C=CCn1c(SCc2cccc(C(F)(F)F)c2)nnc1C(C)Oc1ccc(Br)cc1. The van der Waals surface area contributed by atoms with Crippen LogP contribution in [0.25, 0.3) is 0 Å². The predicted molar refractivity (Wildman–Crippen MR) is 114 cm³/mol. The van der Waals surface area contributed by atoms with Gasteiger partial charge in [-0.15, -0.1) is 16.8 Å². The first-order chi connectivity index (χ1) is 14.3.